The third kappa shape index (κ3) is 4.74. The summed E-state index contributed by atoms with van der Waals surface area (Å²) in [6.07, 6.45) is 1.22. The zero-order chi connectivity index (χ0) is 21.8. The van der Waals surface area contributed by atoms with Crippen LogP contribution in [0.15, 0.2) is 42.5 Å². The Morgan fingerprint density at radius 1 is 1.03 bits per heavy atom. The number of benzene rings is 2. The number of aromatic hydroxyl groups is 2. The Hall–Kier alpha value is -3.06. The van der Waals surface area contributed by atoms with E-state index < -0.39 is 12.0 Å². The molecule has 3 rings (SSSR count). The highest BCUT2D eigenvalue weighted by atomic mass is 16.4. The van der Waals surface area contributed by atoms with E-state index in [0.29, 0.717) is 37.1 Å². The molecule has 0 spiro atoms. The van der Waals surface area contributed by atoms with Gasteiger partial charge in [0, 0.05) is 25.2 Å². The van der Waals surface area contributed by atoms with Crippen molar-refractivity contribution in [2.75, 3.05) is 13.1 Å². The molecule has 0 radical (unpaired) electrons. The van der Waals surface area contributed by atoms with Crippen LogP contribution in [0.2, 0.25) is 0 Å². The Morgan fingerprint density at radius 2 is 1.67 bits per heavy atom. The Labute approximate surface area is 176 Å². The summed E-state index contributed by atoms with van der Waals surface area (Å²) in [7, 11) is 0. The number of nitrogens with zero attached hydrogens (tertiary/aromatic N) is 1. The van der Waals surface area contributed by atoms with Crippen LogP contribution >= 0.6 is 0 Å². The minimum atomic E-state index is -0.935. The zero-order valence-electron chi connectivity index (χ0n) is 17.2. The summed E-state index contributed by atoms with van der Waals surface area (Å²) in [5.41, 5.74) is 1.48. The summed E-state index contributed by atoms with van der Waals surface area (Å²) >= 11 is 0. The molecule has 0 saturated carbocycles. The fourth-order valence-electron chi connectivity index (χ4n) is 3.84. The van der Waals surface area contributed by atoms with E-state index in [4.69, 9.17) is 0 Å². The third-order valence-electron chi connectivity index (χ3n) is 5.56. The average molecular weight is 412 g/mol. The molecule has 1 unspecified atom stereocenters. The minimum Gasteiger partial charge on any atom is -0.508 e. The van der Waals surface area contributed by atoms with Gasteiger partial charge in [-0.15, -0.1) is 0 Å². The van der Waals surface area contributed by atoms with Gasteiger partial charge in [0.05, 0.1) is 5.56 Å². The number of nitrogens with one attached hydrogen (secondary N) is 1. The molecule has 1 amide bonds. The highest BCUT2D eigenvalue weighted by molar-refractivity contribution is 5.97. The van der Waals surface area contributed by atoms with E-state index in [9.17, 15) is 24.9 Å². The number of aliphatic carboxylic acids is 1. The van der Waals surface area contributed by atoms with Crippen molar-refractivity contribution < 1.29 is 24.9 Å². The largest absolute Gasteiger partial charge is 0.508 e. The van der Waals surface area contributed by atoms with Gasteiger partial charge >= 0.3 is 5.97 Å². The van der Waals surface area contributed by atoms with E-state index in [0.717, 1.165) is 0 Å². The van der Waals surface area contributed by atoms with E-state index in [2.05, 4.69) is 5.32 Å². The van der Waals surface area contributed by atoms with Crippen LogP contribution in [0.1, 0.15) is 60.1 Å². The van der Waals surface area contributed by atoms with E-state index in [-0.39, 0.29) is 34.9 Å². The number of amides is 1. The molecule has 2 aromatic carbocycles. The molecule has 1 atom stereocenters. The number of carbonyl (C=O) groups is 2. The monoisotopic (exact) mass is 412 g/mol. The van der Waals surface area contributed by atoms with Gasteiger partial charge in [-0.3, -0.25) is 14.9 Å². The lowest BCUT2D eigenvalue weighted by molar-refractivity contribution is -0.140. The summed E-state index contributed by atoms with van der Waals surface area (Å²) in [4.78, 5) is 26.3. The molecule has 1 aliphatic heterocycles. The third-order valence-corrected chi connectivity index (χ3v) is 5.56. The molecule has 1 saturated heterocycles. The molecule has 7 nitrogen and oxygen atoms in total. The van der Waals surface area contributed by atoms with Crippen molar-refractivity contribution in [2.24, 2.45) is 0 Å². The van der Waals surface area contributed by atoms with Gasteiger partial charge < -0.3 is 20.2 Å². The van der Waals surface area contributed by atoms with Crippen LogP contribution in [0.3, 0.4) is 0 Å². The molecule has 7 heteroatoms. The van der Waals surface area contributed by atoms with Crippen molar-refractivity contribution >= 4 is 11.9 Å². The fourth-order valence-corrected chi connectivity index (χ4v) is 3.84. The number of hydrogen-bond acceptors (Lipinski definition) is 5. The van der Waals surface area contributed by atoms with Gasteiger partial charge in [0.2, 0.25) is 0 Å². The van der Waals surface area contributed by atoms with E-state index in [1.807, 2.05) is 32.0 Å². The topological polar surface area (TPSA) is 110 Å². The molecule has 0 bridgehead atoms. The normalized spacial score (nSPS) is 15.9. The number of piperidine rings is 1. The first-order valence-corrected chi connectivity index (χ1v) is 10.2. The number of rotatable bonds is 6. The highest BCUT2D eigenvalue weighted by Crippen LogP contribution is 2.33. The summed E-state index contributed by atoms with van der Waals surface area (Å²) in [6, 6.07) is 11.0. The van der Waals surface area contributed by atoms with Crippen molar-refractivity contribution in [3.05, 3.63) is 59.2 Å². The molecular weight excluding hydrogens is 384 g/mol. The van der Waals surface area contributed by atoms with Crippen LogP contribution in [-0.4, -0.2) is 51.2 Å². The van der Waals surface area contributed by atoms with Gasteiger partial charge in [-0.1, -0.05) is 44.2 Å². The van der Waals surface area contributed by atoms with Crippen LogP contribution in [0.4, 0.5) is 0 Å². The second kappa shape index (κ2) is 9.17. The van der Waals surface area contributed by atoms with E-state index in [1.54, 1.807) is 23.1 Å². The van der Waals surface area contributed by atoms with Gasteiger partial charge in [0.1, 0.15) is 17.5 Å². The van der Waals surface area contributed by atoms with Crippen molar-refractivity contribution in [1.29, 1.82) is 0 Å². The summed E-state index contributed by atoms with van der Waals surface area (Å²) in [6.45, 7) is 4.72. The van der Waals surface area contributed by atoms with Crippen LogP contribution in [0.25, 0.3) is 0 Å². The lowest BCUT2D eigenvalue weighted by Crippen LogP contribution is -2.47. The van der Waals surface area contributed by atoms with Crippen LogP contribution < -0.4 is 5.32 Å². The number of hydrogen-bond donors (Lipinski definition) is 4. The zero-order valence-corrected chi connectivity index (χ0v) is 17.2. The minimum absolute atomic E-state index is 0.0121. The summed E-state index contributed by atoms with van der Waals surface area (Å²) < 4.78 is 0. The first-order valence-electron chi connectivity index (χ1n) is 10.2. The number of carboxylic acids is 1. The molecule has 0 aliphatic carbocycles. The van der Waals surface area contributed by atoms with E-state index in [1.165, 1.54) is 6.07 Å². The fraction of sp³-hybridized carbons (Fsp3) is 0.391. The Bertz CT molecular complexity index is 905. The maximum Gasteiger partial charge on any atom is 0.325 e. The average Bonchev–Trinajstić information content (AvgIpc) is 2.72. The smallest absolute Gasteiger partial charge is 0.325 e. The second-order valence-corrected chi connectivity index (χ2v) is 8.00. The number of likely N-dealkylation sites (tertiary alicyclic amines) is 1. The number of phenolic OH excluding ortho intramolecular Hbond substituents is 2. The lowest BCUT2D eigenvalue weighted by Gasteiger charge is -2.34. The molecular formula is C23H28N2O5. The van der Waals surface area contributed by atoms with Crippen molar-refractivity contribution in [3.63, 3.8) is 0 Å². The highest BCUT2D eigenvalue weighted by Gasteiger charge is 2.29. The van der Waals surface area contributed by atoms with Gasteiger partial charge in [-0.05, 0) is 36.0 Å². The standard InChI is InChI=1S/C23H28N2O5/c1-14(2)17-12-18(20(27)13-19(17)26)22(28)25-10-8-16(9-11-25)24-21(23(29)30)15-6-4-3-5-7-15/h3-7,12-14,16,21,24,26-27H,8-11H2,1-2H3,(H,29,30). The van der Waals surface area contributed by atoms with E-state index >= 15 is 0 Å². The van der Waals surface area contributed by atoms with Gasteiger partial charge in [0.15, 0.2) is 0 Å². The lowest BCUT2D eigenvalue weighted by atomic mass is 9.97. The first kappa shape index (κ1) is 21.6. The van der Waals surface area contributed by atoms with Gasteiger partial charge in [-0.25, -0.2) is 0 Å². The van der Waals surface area contributed by atoms with Gasteiger partial charge in [0.25, 0.3) is 5.91 Å². The maximum atomic E-state index is 12.9. The van der Waals surface area contributed by atoms with Crippen molar-refractivity contribution in [1.82, 2.24) is 10.2 Å². The first-order chi connectivity index (χ1) is 14.3. The molecule has 2 aromatic rings. The maximum absolute atomic E-state index is 12.9. The van der Waals surface area contributed by atoms with Crippen LogP contribution in [-0.2, 0) is 4.79 Å². The quantitative estimate of drug-likeness (QED) is 0.580. The molecule has 1 heterocycles. The second-order valence-electron chi connectivity index (χ2n) is 8.00. The number of carboxylic acid groups (broad SMARTS) is 1. The van der Waals surface area contributed by atoms with Crippen LogP contribution in [0, 0.1) is 0 Å². The SMILES string of the molecule is CC(C)c1cc(C(=O)N2CCC(NC(C(=O)O)c3ccccc3)CC2)c(O)cc1O. The Balaban J connectivity index is 1.66. The Morgan fingerprint density at radius 3 is 2.23 bits per heavy atom. The predicted octanol–water partition coefficient (Wildman–Crippen LogP) is 3.24. The molecule has 1 fully saturated rings. The number of phenols is 2. The summed E-state index contributed by atoms with van der Waals surface area (Å²) in [5.74, 6) is -1.47. The molecule has 1 aliphatic rings. The predicted molar refractivity (Wildman–Crippen MR) is 113 cm³/mol. The van der Waals surface area contributed by atoms with Crippen LogP contribution in [0.5, 0.6) is 11.5 Å². The molecule has 30 heavy (non-hydrogen) atoms. The summed E-state index contributed by atoms with van der Waals surface area (Å²) in [5, 5.41) is 33.0. The molecule has 160 valence electrons. The van der Waals surface area contributed by atoms with Gasteiger partial charge in [-0.2, -0.15) is 0 Å². The molecule has 0 aromatic heterocycles. The Kier molecular flexibility index (Phi) is 6.62. The number of carbonyl (C=O) groups excluding carboxylic acids is 1. The van der Waals surface area contributed by atoms with Crippen molar-refractivity contribution in [2.45, 2.75) is 44.7 Å². The molecule has 4 N–H and O–H groups in total. The van der Waals surface area contributed by atoms with Crippen molar-refractivity contribution in [3.8, 4) is 11.5 Å².